The van der Waals surface area contributed by atoms with Gasteiger partial charge in [0.2, 0.25) is 0 Å². The van der Waals surface area contributed by atoms with E-state index >= 15 is 0 Å². The summed E-state index contributed by atoms with van der Waals surface area (Å²) in [4.78, 5) is 21.2. The van der Waals surface area contributed by atoms with Crippen LogP contribution in [0.25, 0.3) is 33.2 Å². The second-order valence-corrected chi connectivity index (χ2v) is 7.39. The van der Waals surface area contributed by atoms with Gasteiger partial charge in [-0.05, 0) is 78.9 Å². The molecule has 0 aliphatic rings. The molecule has 0 bridgehead atoms. The highest BCUT2D eigenvalue weighted by Gasteiger charge is 2.19. The molecule has 0 fully saturated rings. The SMILES string of the molecule is CNC(=O)c1cc(-c2ccccc2F)c2c(C)c(-c3ccnc(C)c3)c(C)cc2n1. The maximum absolute atomic E-state index is 14.8. The van der Waals surface area contributed by atoms with Gasteiger partial charge in [0.25, 0.3) is 5.91 Å². The number of hydrogen-bond acceptors (Lipinski definition) is 3. The van der Waals surface area contributed by atoms with Gasteiger partial charge in [0.1, 0.15) is 11.5 Å². The van der Waals surface area contributed by atoms with Gasteiger partial charge < -0.3 is 5.32 Å². The van der Waals surface area contributed by atoms with Crippen molar-refractivity contribution in [1.29, 1.82) is 0 Å². The third kappa shape index (κ3) is 3.32. The molecule has 2 aromatic carbocycles. The minimum Gasteiger partial charge on any atom is -0.354 e. The maximum atomic E-state index is 14.8. The zero-order chi connectivity index (χ0) is 21.4. The van der Waals surface area contributed by atoms with Gasteiger partial charge in [0.05, 0.1) is 5.52 Å². The van der Waals surface area contributed by atoms with E-state index in [-0.39, 0.29) is 17.4 Å². The average Bonchev–Trinajstić information content (AvgIpc) is 2.72. The van der Waals surface area contributed by atoms with Gasteiger partial charge in [-0.1, -0.05) is 18.2 Å². The van der Waals surface area contributed by atoms with E-state index < -0.39 is 0 Å². The predicted molar refractivity (Wildman–Crippen MR) is 118 cm³/mol. The van der Waals surface area contributed by atoms with Gasteiger partial charge in [-0.15, -0.1) is 0 Å². The fourth-order valence-electron chi connectivity index (χ4n) is 4.04. The van der Waals surface area contributed by atoms with Crippen LogP contribution in [0.4, 0.5) is 4.39 Å². The molecule has 4 aromatic rings. The number of halogens is 1. The lowest BCUT2D eigenvalue weighted by Crippen LogP contribution is -2.19. The lowest BCUT2D eigenvalue weighted by atomic mass is 9.88. The number of benzene rings is 2. The molecule has 30 heavy (non-hydrogen) atoms. The van der Waals surface area contributed by atoms with E-state index in [0.717, 1.165) is 33.3 Å². The Balaban J connectivity index is 2.13. The zero-order valence-electron chi connectivity index (χ0n) is 17.4. The zero-order valence-corrected chi connectivity index (χ0v) is 17.4. The number of pyridine rings is 2. The van der Waals surface area contributed by atoms with Crippen molar-refractivity contribution in [2.75, 3.05) is 7.05 Å². The number of hydrogen-bond donors (Lipinski definition) is 1. The highest BCUT2D eigenvalue weighted by atomic mass is 19.1. The molecule has 0 saturated carbocycles. The summed E-state index contributed by atoms with van der Waals surface area (Å²) >= 11 is 0. The van der Waals surface area contributed by atoms with Crippen molar-refractivity contribution in [2.24, 2.45) is 0 Å². The Labute approximate surface area is 174 Å². The molecule has 2 heterocycles. The number of aromatic nitrogens is 2. The monoisotopic (exact) mass is 399 g/mol. The number of carbonyl (C=O) groups is 1. The summed E-state index contributed by atoms with van der Waals surface area (Å²) in [7, 11) is 1.56. The Bertz CT molecular complexity index is 1300. The molecule has 0 radical (unpaired) electrons. The Hall–Kier alpha value is -3.60. The van der Waals surface area contributed by atoms with Gasteiger partial charge in [0, 0.05) is 29.9 Å². The van der Waals surface area contributed by atoms with Crippen molar-refractivity contribution in [2.45, 2.75) is 20.8 Å². The third-order valence-corrected chi connectivity index (χ3v) is 5.35. The van der Waals surface area contributed by atoms with Crippen LogP contribution in [0.15, 0.2) is 54.7 Å². The molecule has 2 aromatic heterocycles. The number of nitrogens with zero attached hydrogens (tertiary/aromatic N) is 2. The van der Waals surface area contributed by atoms with Gasteiger partial charge in [-0.2, -0.15) is 0 Å². The Morgan fingerprint density at radius 3 is 2.47 bits per heavy atom. The Morgan fingerprint density at radius 1 is 1.00 bits per heavy atom. The van der Waals surface area contributed by atoms with E-state index in [1.165, 1.54) is 6.07 Å². The van der Waals surface area contributed by atoms with Crippen molar-refractivity contribution in [3.8, 4) is 22.3 Å². The second-order valence-electron chi connectivity index (χ2n) is 7.39. The smallest absolute Gasteiger partial charge is 0.269 e. The molecule has 0 atom stereocenters. The standard InChI is InChI=1S/C25H22FN3O/c1-14-11-21-24(16(3)23(14)17-9-10-28-15(2)12-17)19(13-22(29-21)25(30)27-4)18-7-5-6-8-20(18)26/h5-13H,1-4H3,(H,27,30). The molecule has 150 valence electrons. The quantitative estimate of drug-likeness (QED) is 0.503. The molecule has 0 unspecified atom stereocenters. The number of nitrogens with one attached hydrogen (secondary N) is 1. The van der Waals surface area contributed by atoms with E-state index in [2.05, 4.69) is 15.3 Å². The maximum Gasteiger partial charge on any atom is 0.269 e. The number of rotatable bonds is 3. The van der Waals surface area contributed by atoms with E-state index in [4.69, 9.17) is 0 Å². The average molecular weight is 399 g/mol. The summed E-state index contributed by atoms with van der Waals surface area (Å²) < 4.78 is 14.8. The molecule has 1 amide bonds. The molecule has 0 aliphatic heterocycles. The largest absolute Gasteiger partial charge is 0.354 e. The first-order valence-corrected chi connectivity index (χ1v) is 9.75. The van der Waals surface area contributed by atoms with Crippen LogP contribution in [0.1, 0.15) is 27.3 Å². The predicted octanol–water partition coefficient (Wildman–Crippen LogP) is 5.39. The normalized spacial score (nSPS) is 11.0. The van der Waals surface area contributed by atoms with E-state index in [1.54, 1.807) is 37.5 Å². The third-order valence-electron chi connectivity index (χ3n) is 5.35. The van der Waals surface area contributed by atoms with Crippen LogP contribution in [0.3, 0.4) is 0 Å². The topological polar surface area (TPSA) is 54.9 Å². The van der Waals surface area contributed by atoms with Gasteiger partial charge in [-0.3, -0.25) is 9.78 Å². The van der Waals surface area contributed by atoms with Crippen LogP contribution in [-0.2, 0) is 0 Å². The van der Waals surface area contributed by atoms with Gasteiger partial charge in [-0.25, -0.2) is 9.37 Å². The minimum atomic E-state index is -0.339. The lowest BCUT2D eigenvalue weighted by Gasteiger charge is -2.18. The summed E-state index contributed by atoms with van der Waals surface area (Å²) in [5.41, 5.74) is 7.09. The van der Waals surface area contributed by atoms with Crippen molar-refractivity contribution in [3.63, 3.8) is 0 Å². The molecule has 1 N–H and O–H groups in total. The van der Waals surface area contributed by atoms with Gasteiger partial charge >= 0.3 is 0 Å². The number of carbonyl (C=O) groups excluding carboxylic acids is 1. The highest BCUT2D eigenvalue weighted by molar-refractivity contribution is 6.05. The fourth-order valence-corrected chi connectivity index (χ4v) is 4.04. The first kappa shape index (κ1) is 19.7. The van der Waals surface area contributed by atoms with Crippen molar-refractivity contribution < 1.29 is 9.18 Å². The summed E-state index contributed by atoms with van der Waals surface area (Å²) in [6.45, 7) is 6.00. The second kappa shape index (κ2) is 7.67. The van der Waals surface area contributed by atoms with E-state index in [0.29, 0.717) is 16.6 Å². The molecule has 4 nitrogen and oxygen atoms in total. The van der Waals surface area contributed by atoms with Crippen molar-refractivity contribution in [3.05, 3.63) is 83.1 Å². The molecule has 0 spiro atoms. The summed E-state index contributed by atoms with van der Waals surface area (Å²) in [5, 5.41) is 3.45. The summed E-state index contributed by atoms with van der Waals surface area (Å²) in [6, 6.07) is 14.3. The van der Waals surface area contributed by atoms with Gasteiger partial charge in [0.15, 0.2) is 0 Å². The lowest BCUT2D eigenvalue weighted by molar-refractivity contribution is 0.0958. The van der Waals surface area contributed by atoms with Crippen LogP contribution in [-0.4, -0.2) is 22.9 Å². The molecule has 0 aliphatic carbocycles. The first-order chi connectivity index (χ1) is 14.4. The molecular formula is C25H22FN3O. The van der Waals surface area contributed by atoms with E-state index in [1.807, 2.05) is 39.0 Å². The number of fused-ring (bicyclic) bond motifs is 1. The van der Waals surface area contributed by atoms with Crippen LogP contribution < -0.4 is 5.32 Å². The molecule has 0 saturated heterocycles. The first-order valence-electron chi connectivity index (χ1n) is 9.75. The highest BCUT2D eigenvalue weighted by Crippen LogP contribution is 2.38. The molecule has 4 rings (SSSR count). The Kier molecular flexibility index (Phi) is 5.04. The van der Waals surface area contributed by atoms with Crippen LogP contribution in [0, 0.1) is 26.6 Å². The summed E-state index contributed by atoms with van der Waals surface area (Å²) in [6.07, 6.45) is 1.79. The summed E-state index contributed by atoms with van der Waals surface area (Å²) in [5.74, 6) is -0.646. The van der Waals surface area contributed by atoms with Crippen LogP contribution in [0.2, 0.25) is 0 Å². The van der Waals surface area contributed by atoms with E-state index in [9.17, 15) is 9.18 Å². The number of amides is 1. The van der Waals surface area contributed by atoms with Crippen molar-refractivity contribution in [1.82, 2.24) is 15.3 Å². The molecular weight excluding hydrogens is 377 g/mol. The fraction of sp³-hybridized carbons (Fsp3) is 0.160. The minimum absolute atomic E-state index is 0.259. The van der Waals surface area contributed by atoms with Crippen LogP contribution >= 0.6 is 0 Å². The number of aryl methyl sites for hydroxylation is 3. The molecule has 5 heteroatoms. The van der Waals surface area contributed by atoms with Crippen LogP contribution in [0.5, 0.6) is 0 Å². The Morgan fingerprint density at radius 2 is 1.77 bits per heavy atom. The van der Waals surface area contributed by atoms with Crippen molar-refractivity contribution >= 4 is 16.8 Å².